The molecule has 0 rings (SSSR count). The van der Waals surface area contributed by atoms with Gasteiger partial charge in [-0.15, -0.1) is 0 Å². The molecule has 0 aromatic rings. The minimum Gasteiger partial charge on any atom is -0.344 e. The first-order valence-corrected chi connectivity index (χ1v) is 12.5. The molecule has 0 aromatic carbocycles. The van der Waals surface area contributed by atoms with Gasteiger partial charge in [-0.3, -0.25) is 4.18 Å². The van der Waals surface area contributed by atoms with Crippen LogP contribution in [0.2, 0.25) is 0 Å². The van der Waals surface area contributed by atoms with Crippen LogP contribution < -0.4 is 6.15 Å². The molecule has 1 atom stereocenters. The van der Waals surface area contributed by atoms with E-state index in [9.17, 15) is 12.8 Å². The second-order valence-corrected chi connectivity index (χ2v) is 9.20. The van der Waals surface area contributed by atoms with Crippen molar-refractivity contribution in [1.82, 2.24) is 6.15 Å². The molecule has 0 amide bonds. The van der Waals surface area contributed by atoms with Crippen molar-refractivity contribution in [3.05, 3.63) is 0 Å². The maximum Gasteiger partial charge on any atom is 0.299 e. The average molecular weight is 412 g/mol. The van der Waals surface area contributed by atoms with Crippen molar-refractivity contribution >= 4 is 10.1 Å². The van der Waals surface area contributed by atoms with Gasteiger partial charge < -0.3 is 6.15 Å². The van der Waals surface area contributed by atoms with Crippen molar-refractivity contribution < 1.29 is 17.0 Å². The fourth-order valence-electron chi connectivity index (χ4n) is 3.07. The lowest BCUT2D eigenvalue weighted by Gasteiger charge is -2.10. The summed E-state index contributed by atoms with van der Waals surface area (Å²) in [4.78, 5) is 0. The molecule has 3 N–H and O–H groups in total. The molecule has 6 heteroatoms. The zero-order valence-corrected chi connectivity index (χ0v) is 18.8. The first kappa shape index (κ1) is 29.0. The third-order valence-electron chi connectivity index (χ3n) is 4.84. The van der Waals surface area contributed by atoms with Gasteiger partial charge in [0, 0.05) is 0 Å². The van der Waals surface area contributed by atoms with Crippen LogP contribution in [-0.2, 0) is 14.3 Å². The summed E-state index contributed by atoms with van der Waals surface area (Å²) in [6.45, 7) is 4.47. The summed E-state index contributed by atoms with van der Waals surface area (Å²) in [5, 5.41) is 0. The smallest absolute Gasteiger partial charge is 0.299 e. The van der Waals surface area contributed by atoms with Gasteiger partial charge in [-0.05, 0) is 19.3 Å². The second-order valence-electron chi connectivity index (χ2n) is 7.46. The molecule has 27 heavy (non-hydrogen) atoms. The first-order valence-electron chi connectivity index (χ1n) is 11.1. The maximum atomic E-state index is 13.8. The monoisotopic (exact) mass is 411 g/mol. The van der Waals surface area contributed by atoms with E-state index in [4.69, 9.17) is 4.18 Å². The Hall–Kier alpha value is -0.200. The molecule has 0 radical (unpaired) electrons. The van der Waals surface area contributed by atoms with Gasteiger partial charge in [-0.1, -0.05) is 104 Å². The lowest BCUT2D eigenvalue weighted by Crippen LogP contribution is -2.19. The molecule has 166 valence electrons. The van der Waals surface area contributed by atoms with E-state index in [0.717, 1.165) is 38.5 Å². The second kappa shape index (κ2) is 20.5. The molecule has 0 saturated heterocycles. The molecule has 0 heterocycles. The molecule has 0 aromatic heterocycles. The molecule has 4 nitrogen and oxygen atoms in total. The number of alkyl halides is 1. The van der Waals surface area contributed by atoms with Gasteiger partial charge in [0.25, 0.3) is 10.1 Å². The Kier molecular flexibility index (Phi) is 22.1. The molecule has 1 unspecified atom stereocenters. The molecule has 0 spiro atoms. The fraction of sp³-hybridized carbons (Fsp3) is 1.00. The van der Waals surface area contributed by atoms with Crippen molar-refractivity contribution in [1.29, 1.82) is 0 Å². The highest BCUT2D eigenvalue weighted by Gasteiger charge is 2.25. The van der Waals surface area contributed by atoms with Crippen molar-refractivity contribution in [2.75, 3.05) is 6.61 Å². The molecule has 0 aliphatic rings. The molecular weight excluding hydrogens is 365 g/mol. The van der Waals surface area contributed by atoms with E-state index in [2.05, 4.69) is 13.8 Å². The van der Waals surface area contributed by atoms with Crippen LogP contribution >= 0.6 is 0 Å². The average Bonchev–Trinajstić information content (AvgIpc) is 2.62. The largest absolute Gasteiger partial charge is 0.344 e. The normalized spacial score (nSPS) is 12.7. The summed E-state index contributed by atoms with van der Waals surface area (Å²) < 4.78 is 42.1. The van der Waals surface area contributed by atoms with Crippen LogP contribution in [0.25, 0.3) is 0 Å². The van der Waals surface area contributed by atoms with E-state index < -0.39 is 15.6 Å². The van der Waals surface area contributed by atoms with Gasteiger partial charge in [-0.2, -0.15) is 8.42 Å². The Morgan fingerprint density at radius 1 is 0.667 bits per heavy atom. The Morgan fingerprint density at radius 2 is 1.04 bits per heavy atom. The summed E-state index contributed by atoms with van der Waals surface area (Å²) in [5.41, 5.74) is -1.86. The first-order chi connectivity index (χ1) is 12.5. The van der Waals surface area contributed by atoms with Gasteiger partial charge in [0.15, 0.2) is 0 Å². The molecule has 0 aliphatic heterocycles. The maximum absolute atomic E-state index is 13.8. The fourth-order valence-corrected chi connectivity index (χ4v) is 4.02. The van der Waals surface area contributed by atoms with E-state index in [1.807, 2.05) is 0 Å². The van der Waals surface area contributed by atoms with Gasteiger partial charge in [0.2, 0.25) is 5.50 Å². The Balaban J connectivity index is 0. The lowest BCUT2D eigenvalue weighted by atomic mass is 10.1. The van der Waals surface area contributed by atoms with Crippen LogP contribution in [-0.4, -0.2) is 20.5 Å². The minimum absolute atomic E-state index is 0. The number of halogens is 1. The summed E-state index contributed by atoms with van der Waals surface area (Å²) in [6, 6.07) is 0. The van der Waals surface area contributed by atoms with Crippen LogP contribution in [0.3, 0.4) is 0 Å². The molecule has 0 fully saturated rings. The van der Waals surface area contributed by atoms with Gasteiger partial charge in [0.05, 0.1) is 6.61 Å². The third-order valence-corrected chi connectivity index (χ3v) is 6.20. The highest BCUT2D eigenvalue weighted by molar-refractivity contribution is 7.87. The molecule has 0 bridgehead atoms. The van der Waals surface area contributed by atoms with Crippen LogP contribution in [0.4, 0.5) is 4.39 Å². The predicted octanol–water partition coefficient (Wildman–Crippen LogP) is 7.46. The van der Waals surface area contributed by atoms with Crippen molar-refractivity contribution in [2.24, 2.45) is 0 Å². The van der Waals surface area contributed by atoms with Crippen LogP contribution in [0.5, 0.6) is 0 Å². The standard InChI is InChI=1S/C21H43FO3S.H3N/c1-3-5-7-9-10-11-12-13-14-16-18-20-25-26(23,24)21(22)19-17-15-8-6-4-2;/h21H,3-20H2,1-2H3;1H3. The van der Waals surface area contributed by atoms with E-state index in [1.165, 1.54) is 51.4 Å². The van der Waals surface area contributed by atoms with E-state index in [1.54, 1.807) is 0 Å². The number of rotatable bonds is 20. The van der Waals surface area contributed by atoms with Gasteiger partial charge in [-0.25, -0.2) is 4.39 Å². The quantitative estimate of drug-likeness (QED) is 0.166. The highest BCUT2D eigenvalue weighted by atomic mass is 32.2. The summed E-state index contributed by atoms with van der Waals surface area (Å²) in [6.07, 6.45) is 18.1. The van der Waals surface area contributed by atoms with Gasteiger partial charge in [0.1, 0.15) is 0 Å². The summed E-state index contributed by atoms with van der Waals surface area (Å²) in [7, 11) is -4.03. The van der Waals surface area contributed by atoms with E-state index in [-0.39, 0.29) is 19.2 Å². The summed E-state index contributed by atoms with van der Waals surface area (Å²) >= 11 is 0. The number of hydrogen-bond donors (Lipinski definition) is 1. The van der Waals surface area contributed by atoms with Crippen molar-refractivity contribution in [3.8, 4) is 0 Å². The van der Waals surface area contributed by atoms with Crippen molar-refractivity contribution in [2.45, 2.75) is 129 Å². The SMILES string of the molecule is CCCCCCCCCCCCCOS(=O)(=O)C(F)CCCCCCC.N. The minimum atomic E-state index is -4.03. The van der Waals surface area contributed by atoms with Crippen LogP contribution in [0.15, 0.2) is 0 Å². The van der Waals surface area contributed by atoms with Gasteiger partial charge >= 0.3 is 0 Å². The van der Waals surface area contributed by atoms with Crippen molar-refractivity contribution in [3.63, 3.8) is 0 Å². The zero-order chi connectivity index (χ0) is 19.5. The number of hydrogen-bond acceptors (Lipinski definition) is 4. The summed E-state index contributed by atoms with van der Waals surface area (Å²) in [5.74, 6) is 0. The third kappa shape index (κ3) is 18.9. The zero-order valence-electron chi connectivity index (χ0n) is 18.0. The van der Waals surface area contributed by atoms with E-state index >= 15 is 0 Å². The molecule has 0 aliphatic carbocycles. The topological polar surface area (TPSA) is 78.4 Å². The predicted molar refractivity (Wildman–Crippen MR) is 115 cm³/mol. The Labute approximate surface area is 168 Å². The van der Waals surface area contributed by atoms with Crippen LogP contribution in [0.1, 0.15) is 123 Å². The molecular formula is C21H46FNO3S. The Bertz CT molecular complexity index is 391. The lowest BCUT2D eigenvalue weighted by molar-refractivity contribution is 0.270. The van der Waals surface area contributed by atoms with E-state index in [0.29, 0.717) is 12.8 Å². The molecule has 0 saturated carbocycles. The Morgan fingerprint density at radius 3 is 1.48 bits per heavy atom. The number of unbranched alkanes of at least 4 members (excludes halogenated alkanes) is 14. The van der Waals surface area contributed by atoms with Crippen LogP contribution in [0, 0.1) is 0 Å². The highest BCUT2D eigenvalue weighted by Crippen LogP contribution is 2.16.